The van der Waals surface area contributed by atoms with E-state index >= 15 is 0 Å². The first kappa shape index (κ1) is 15.3. The van der Waals surface area contributed by atoms with Crippen molar-refractivity contribution in [3.05, 3.63) is 22.9 Å². The molecule has 2 rings (SSSR count). The van der Waals surface area contributed by atoms with Gasteiger partial charge in [0.25, 0.3) is 0 Å². The molecule has 0 saturated heterocycles. The smallest absolute Gasteiger partial charge is 0.340 e. The van der Waals surface area contributed by atoms with Crippen LogP contribution >= 0.6 is 0 Å². The summed E-state index contributed by atoms with van der Waals surface area (Å²) in [6.45, 7) is 3.83. The number of nitrogens with one attached hydrogen (secondary N) is 1. The molecule has 1 fully saturated rings. The van der Waals surface area contributed by atoms with Crippen molar-refractivity contribution < 1.29 is 9.53 Å². The van der Waals surface area contributed by atoms with Gasteiger partial charge < -0.3 is 10.1 Å². The number of hydrogen-bond acceptors (Lipinski definition) is 5. The minimum Gasteiger partial charge on any atom is -0.462 e. The average molecular weight is 287 g/mol. The van der Waals surface area contributed by atoms with Gasteiger partial charge in [-0.3, -0.25) is 0 Å². The second-order valence-corrected chi connectivity index (χ2v) is 5.33. The maximum atomic E-state index is 11.8. The Labute approximate surface area is 125 Å². The molecule has 0 aromatic carbocycles. The van der Waals surface area contributed by atoms with Crippen molar-refractivity contribution in [2.24, 2.45) is 0 Å². The first-order chi connectivity index (χ1) is 10.2. The van der Waals surface area contributed by atoms with E-state index in [0.717, 1.165) is 12.8 Å². The van der Waals surface area contributed by atoms with Crippen LogP contribution in [0.25, 0.3) is 0 Å². The molecule has 1 aromatic heterocycles. The van der Waals surface area contributed by atoms with E-state index in [1.807, 2.05) is 0 Å². The minimum atomic E-state index is -0.428. The highest BCUT2D eigenvalue weighted by Crippen LogP contribution is 2.24. The molecular weight excluding hydrogens is 266 g/mol. The number of esters is 1. The third-order valence-electron chi connectivity index (χ3n) is 3.77. The Bertz CT molecular complexity index is 557. The van der Waals surface area contributed by atoms with Crippen LogP contribution in [-0.2, 0) is 4.74 Å². The lowest BCUT2D eigenvalue weighted by atomic mass is 9.95. The SMILES string of the molecule is CCOC(=O)c1cc(C#N)c(NC2CCCCC2)nc1C. The standard InChI is InChI=1S/C16H21N3O2/c1-3-21-16(20)14-9-12(10-17)15(18-11(14)2)19-13-7-5-4-6-8-13/h9,13H,3-8H2,1-2H3,(H,18,19). The fourth-order valence-electron chi connectivity index (χ4n) is 2.66. The molecule has 1 aliphatic rings. The van der Waals surface area contributed by atoms with Crippen LogP contribution < -0.4 is 5.32 Å². The lowest BCUT2D eigenvalue weighted by Crippen LogP contribution is -2.24. The van der Waals surface area contributed by atoms with E-state index in [1.165, 1.54) is 19.3 Å². The molecule has 5 nitrogen and oxygen atoms in total. The lowest BCUT2D eigenvalue weighted by Gasteiger charge is -2.24. The van der Waals surface area contributed by atoms with Gasteiger partial charge in [0, 0.05) is 6.04 Å². The van der Waals surface area contributed by atoms with Crippen LogP contribution in [-0.4, -0.2) is 23.6 Å². The molecule has 1 saturated carbocycles. The van der Waals surface area contributed by atoms with Crippen molar-refractivity contribution in [3.63, 3.8) is 0 Å². The first-order valence-electron chi connectivity index (χ1n) is 7.51. The van der Waals surface area contributed by atoms with Crippen LogP contribution in [0.5, 0.6) is 0 Å². The van der Waals surface area contributed by atoms with E-state index in [9.17, 15) is 10.1 Å². The number of nitriles is 1. The van der Waals surface area contributed by atoms with Gasteiger partial charge in [-0.05, 0) is 32.8 Å². The summed E-state index contributed by atoms with van der Waals surface area (Å²) in [5, 5.41) is 12.6. The van der Waals surface area contributed by atoms with Crippen LogP contribution in [0.4, 0.5) is 5.82 Å². The number of carbonyl (C=O) groups is 1. The number of carbonyl (C=O) groups excluding carboxylic acids is 1. The van der Waals surface area contributed by atoms with Crippen LogP contribution in [0, 0.1) is 18.3 Å². The molecule has 0 spiro atoms. The molecule has 0 radical (unpaired) electrons. The molecule has 0 amide bonds. The summed E-state index contributed by atoms with van der Waals surface area (Å²) in [5.74, 6) is 0.151. The fourth-order valence-corrected chi connectivity index (χ4v) is 2.66. The number of ether oxygens (including phenoxy) is 1. The largest absolute Gasteiger partial charge is 0.462 e. The summed E-state index contributed by atoms with van der Waals surface area (Å²) in [4.78, 5) is 16.2. The van der Waals surface area contributed by atoms with Crippen molar-refractivity contribution in [3.8, 4) is 6.07 Å². The van der Waals surface area contributed by atoms with Crippen LogP contribution in [0.15, 0.2) is 6.07 Å². The topological polar surface area (TPSA) is 75.0 Å². The molecule has 1 N–H and O–H groups in total. The average Bonchev–Trinajstić information content (AvgIpc) is 2.48. The zero-order chi connectivity index (χ0) is 15.2. The quantitative estimate of drug-likeness (QED) is 0.861. The molecule has 0 aliphatic heterocycles. The number of nitrogens with zero attached hydrogens (tertiary/aromatic N) is 2. The summed E-state index contributed by atoms with van der Waals surface area (Å²) >= 11 is 0. The summed E-state index contributed by atoms with van der Waals surface area (Å²) in [5.41, 5.74) is 1.35. The fraction of sp³-hybridized carbons (Fsp3) is 0.562. The van der Waals surface area contributed by atoms with Gasteiger partial charge in [-0.25, -0.2) is 9.78 Å². The van der Waals surface area contributed by atoms with E-state index in [2.05, 4.69) is 16.4 Å². The predicted octanol–water partition coefficient (Wildman–Crippen LogP) is 3.18. The normalized spacial score (nSPS) is 15.3. The second kappa shape index (κ2) is 7.07. The number of aryl methyl sites for hydroxylation is 1. The molecule has 1 aliphatic carbocycles. The van der Waals surface area contributed by atoms with Crippen molar-refractivity contribution in [2.75, 3.05) is 11.9 Å². The predicted molar refractivity (Wildman–Crippen MR) is 80.1 cm³/mol. The van der Waals surface area contributed by atoms with Gasteiger partial charge in [0.2, 0.25) is 0 Å². The molecule has 1 aromatic rings. The monoisotopic (exact) mass is 287 g/mol. The van der Waals surface area contributed by atoms with Gasteiger partial charge in [0.1, 0.15) is 11.9 Å². The Kier molecular flexibility index (Phi) is 5.15. The van der Waals surface area contributed by atoms with Crippen molar-refractivity contribution in [1.29, 1.82) is 5.26 Å². The summed E-state index contributed by atoms with van der Waals surface area (Å²) in [7, 11) is 0. The molecule has 0 bridgehead atoms. The maximum Gasteiger partial charge on any atom is 0.340 e. The van der Waals surface area contributed by atoms with Gasteiger partial charge in [-0.15, -0.1) is 0 Å². The lowest BCUT2D eigenvalue weighted by molar-refractivity contribution is 0.0525. The molecule has 1 heterocycles. The Hall–Kier alpha value is -2.09. The minimum absolute atomic E-state index is 0.308. The highest BCUT2D eigenvalue weighted by molar-refractivity contribution is 5.91. The highest BCUT2D eigenvalue weighted by atomic mass is 16.5. The number of anilines is 1. The zero-order valence-electron chi connectivity index (χ0n) is 12.6. The molecule has 5 heteroatoms. The van der Waals surface area contributed by atoms with Gasteiger partial charge in [-0.1, -0.05) is 19.3 Å². The number of rotatable bonds is 4. The molecule has 112 valence electrons. The number of hydrogen-bond donors (Lipinski definition) is 1. The van der Waals surface area contributed by atoms with Gasteiger partial charge in [0.15, 0.2) is 0 Å². The number of aromatic nitrogens is 1. The Morgan fingerprint density at radius 1 is 1.48 bits per heavy atom. The molecule has 0 unspecified atom stereocenters. The Balaban J connectivity index is 2.24. The third kappa shape index (κ3) is 3.72. The summed E-state index contributed by atoms with van der Waals surface area (Å²) in [6.07, 6.45) is 5.90. The highest BCUT2D eigenvalue weighted by Gasteiger charge is 2.19. The van der Waals surface area contributed by atoms with Gasteiger partial charge in [0.05, 0.1) is 23.4 Å². The summed E-state index contributed by atoms with van der Waals surface area (Å²) in [6, 6.07) is 4.06. The zero-order valence-corrected chi connectivity index (χ0v) is 12.6. The van der Waals surface area contributed by atoms with Crippen LogP contribution in [0.2, 0.25) is 0 Å². The van der Waals surface area contributed by atoms with Crippen molar-refractivity contribution >= 4 is 11.8 Å². The van der Waals surface area contributed by atoms with Crippen LogP contribution in [0.3, 0.4) is 0 Å². The van der Waals surface area contributed by atoms with E-state index < -0.39 is 5.97 Å². The van der Waals surface area contributed by atoms with Crippen molar-refractivity contribution in [1.82, 2.24) is 4.98 Å². The van der Waals surface area contributed by atoms with Crippen molar-refractivity contribution in [2.45, 2.75) is 52.0 Å². The van der Waals surface area contributed by atoms with E-state index in [0.29, 0.717) is 35.3 Å². The van der Waals surface area contributed by atoms with Gasteiger partial charge in [-0.2, -0.15) is 5.26 Å². The van der Waals surface area contributed by atoms with E-state index in [1.54, 1.807) is 19.9 Å². The van der Waals surface area contributed by atoms with E-state index in [4.69, 9.17) is 4.74 Å². The number of pyridine rings is 1. The Morgan fingerprint density at radius 3 is 2.81 bits per heavy atom. The molecule has 21 heavy (non-hydrogen) atoms. The molecular formula is C16H21N3O2. The van der Waals surface area contributed by atoms with Crippen LogP contribution in [0.1, 0.15) is 60.6 Å². The third-order valence-corrected chi connectivity index (χ3v) is 3.77. The Morgan fingerprint density at radius 2 is 2.19 bits per heavy atom. The summed E-state index contributed by atoms with van der Waals surface area (Å²) < 4.78 is 4.99. The first-order valence-corrected chi connectivity index (χ1v) is 7.51. The second-order valence-electron chi connectivity index (χ2n) is 5.33. The van der Waals surface area contributed by atoms with E-state index in [-0.39, 0.29) is 0 Å². The maximum absolute atomic E-state index is 11.8. The molecule has 0 atom stereocenters. The van der Waals surface area contributed by atoms with Gasteiger partial charge >= 0.3 is 5.97 Å².